The predicted octanol–water partition coefficient (Wildman–Crippen LogP) is 3.79. The van der Waals surface area contributed by atoms with Gasteiger partial charge in [0.15, 0.2) is 0 Å². The highest BCUT2D eigenvalue weighted by atomic mass is 16.5. The fourth-order valence-corrected chi connectivity index (χ4v) is 3.02. The van der Waals surface area contributed by atoms with E-state index >= 15 is 0 Å². The highest BCUT2D eigenvalue weighted by Crippen LogP contribution is 2.37. The van der Waals surface area contributed by atoms with Crippen LogP contribution in [0.3, 0.4) is 0 Å². The van der Waals surface area contributed by atoms with Crippen LogP contribution in [-0.2, 0) is 9.53 Å². The molecule has 1 aromatic carbocycles. The molecule has 0 unspecified atom stereocenters. The maximum absolute atomic E-state index is 11.5. The first-order valence-corrected chi connectivity index (χ1v) is 7.38. The Balaban J connectivity index is 1.88. The zero-order valence-corrected chi connectivity index (χ0v) is 12.0. The number of hydrogen-bond acceptors (Lipinski definition) is 3. The van der Waals surface area contributed by atoms with Crippen molar-refractivity contribution in [1.29, 1.82) is 5.26 Å². The normalized spacial score (nSPS) is 22.0. The zero-order chi connectivity index (χ0) is 14.4. The maximum atomic E-state index is 11.5. The molecule has 1 fully saturated rings. The summed E-state index contributed by atoms with van der Waals surface area (Å²) in [5, 5.41) is 8.95. The number of hydrogen-bond donors (Lipinski definition) is 0. The Bertz CT molecular complexity index is 496. The predicted molar refractivity (Wildman–Crippen MR) is 77.1 cm³/mol. The molecule has 0 aliphatic heterocycles. The van der Waals surface area contributed by atoms with Crippen LogP contribution >= 0.6 is 0 Å². The minimum absolute atomic E-state index is 0.0672. The fraction of sp³-hybridized carbons (Fsp3) is 0.529. The number of benzene rings is 1. The van der Waals surface area contributed by atoms with E-state index in [1.165, 1.54) is 5.56 Å². The SMILES string of the molecule is CCOC(=O)CC1CCC(c2cccc(C#N)c2)CC1. The fourth-order valence-electron chi connectivity index (χ4n) is 3.02. The van der Waals surface area contributed by atoms with Crippen LogP contribution in [0.25, 0.3) is 0 Å². The van der Waals surface area contributed by atoms with Crippen molar-refractivity contribution in [2.75, 3.05) is 6.61 Å². The van der Waals surface area contributed by atoms with Crippen molar-refractivity contribution in [1.82, 2.24) is 0 Å². The molecule has 0 amide bonds. The second kappa shape index (κ2) is 7.09. The van der Waals surface area contributed by atoms with E-state index in [1.54, 1.807) is 0 Å². The lowest BCUT2D eigenvalue weighted by Crippen LogP contribution is -2.17. The lowest BCUT2D eigenvalue weighted by molar-refractivity contribution is -0.144. The molecule has 2 rings (SSSR count). The van der Waals surface area contributed by atoms with E-state index in [4.69, 9.17) is 10.00 Å². The maximum Gasteiger partial charge on any atom is 0.306 e. The lowest BCUT2D eigenvalue weighted by atomic mass is 9.77. The van der Waals surface area contributed by atoms with Gasteiger partial charge in [-0.15, -0.1) is 0 Å². The molecule has 1 aliphatic carbocycles. The van der Waals surface area contributed by atoms with E-state index in [9.17, 15) is 4.79 Å². The van der Waals surface area contributed by atoms with Crippen LogP contribution < -0.4 is 0 Å². The number of nitrogens with zero attached hydrogens (tertiary/aromatic N) is 1. The minimum atomic E-state index is -0.0672. The number of carbonyl (C=O) groups excluding carboxylic acids is 1. The third-order valence-electron chi connectivity index (χ3n) is 4.09. The van der Waals surface area contributed by atoms with Crippen molar-refractivity contribution >= 4 is 5.97 Å². The molecule has 3 nitrogen and oxygen atoms in total. The molecular formula is C17H21NO2. The van der Waals surface area contributed by atoms with Gasteiger partial charge in [0.2, 0.25) is 0 Å². The van der Waals surface area contributed by atoms with Crippen LogP contribution in [0, 0.1) is 17.2 Å². The largest absolute Gasteiger partial charge is 0.466 e. The van der Waals surface area contributed by atoms with E-state index < -0.39 is 0 Å². The molecule has 1 saturated carbocycles. The molecule has 0 aromatic heterocycles. The number of rotatable bonds is 4. The summed E-state index contributed by atoms with van der Waals surface area (Å²) < 4.78 is 5.01. The van der Waals surface area contributed by atoms with Crippen LogP contribution in [0.4, 0.5) is 0 Å². The van der Waals surface area contributed by atoms with E-state index in [1.807, 2.05) is 25.1 Å². The Kier molecular flexibility index (Phi) is 5.17. The van der Waals surface area contributed by atoms with Crippen molar-refractivity contribution < 1.29 is 9.53 Å². The molecule has 1 aliphatic rings. The van der Waals surface area contributed by atoms with Gasteiger partial charge in [0, 0.05) is 6.42 Å². The zero-order valence-electron chi connectivity index (χ0n) is 12.0. The van der Waals surface area contributed by atoms with Crippen molar-refractivity contribution in [3.63, 3.8) is 0 Å². The van der Waals surface area contributed by atoms with E-state index in [0.29, 0.717) is 24.9 Å². The molecular weight excluding hydrogens is 250 g/mol. The number of nitriles is 1. The van der Waals surface area contributed by atoms with Crippen LogP contribution in [0.5, 0.6) is 0 Å². The quantitative estimate of drug-likeness (QED) is 0.783. The van der Waals surface area contributed by atoms with E-state index in [2.05, 4.69) is 12.1 Å². The smallest absolute Gasteiger partial charge is 0.306 e. The third kappa shape index (κ3) is 3.84. The van der Waals surface area contributed by atoms with Crippen LogP contribution in [0.2, 0.25) is 0 Å². The first-order chi connectivity index (χ1) is 9.72. The van der Waals surface area contributed by atoms with Crippen molar-refractivity contribution in [3.05, 3.63) is 35.4 Å². The molecule has 20 heavy (non-hydrogen) atoms. The summed E-state index contributed by atoms with van der Waals surface area (Å²) in [4.78, 5) is 11.5. The highest BCUT2D eigenvalue weighted by Gasteiger charge is 2.24. The topological polar surface area (TPSA) is 50.1 Å². The van der Waals surface area contributed by atoms with Gasteiger partial charge >= 0.3 is 5.97 Å². The Morgan fingerprint density at radius 2 is 2.10 bits per heavy atom. The molecule has 0 heterocycles. The van der Waals surface area contributed by atoms with Gasteiger partial charge in [-0.1, -0.05) is 12.1 Å². The summed E-state index contributed by atoms with van der Waals surface area (Å²) in [7, 11) is 0. The molecule has 1 aromatic rings. The summed E-state index contributed by atoms with van der Waals surface area (Å²) >= 11 is 0. The van der Waals surface area contributed by atoms with Gasteiger partial charge in [-0.25, -0.2) is 0 Å². The Morgan fingerprint density at radius 3 is 2.75 bits per heavy atom. The molecule has 106 valence electrons. The number of esters is 1. The number of carbonyl (C=O) groups is 1. The van der Waals surface area contributed by atoms with Crippen molar-refractivity contribution in [2.45, 2.75) is 44.9 Å². The summed E-state index contributed by atoms with van der Waals surface area (Å²) in [5.41, 5.74) is 2.00. The summed E-state index contributed by atoms with van der Waals surface area (Å²) in [6, 6.07) is 10.1. The Hall–Kier alpha value is -1.82. The first-order valence-electron chi connectivity index (χ1n) is 7.38. The summed E-state index contributed by atoms with van der Waals surface area (Å²) in [6.07, 6.45) is 4.89. The minimum Gasteiger partial charge on any atom is -0.466 e. The lowest BCUT2D eigenvalue weighted by Gasteiger charge is -2.28. The van der Waals surface area contributed by atoms with Gasteiger partial charge in [-0.3, -0.25) is 4.79 Å². The molecule has 0 saturated heterocycles. The summed E-state index contributed by atoms with van der Waals surface area (Å²) in [6.45, 7) is 2.31. The van der Waals surface area contributed by atoms with Crippen LogP contribution in [0.15, 0.2) is 24.3 Å². The van der Waals surface area contributed by atoms with Gasteiger partial charge in [-0.05, 0) is 62.1 Å². The Morgan fingerprint density at radius 1 is 1.35 bits per heavy atom. The Labute approximate surface area is 120 Å². The van der Waals surface area contributed by atoms with Gasteiger partial charge in [0.05, 0.1) is 18.2 Å². The second-order valence-corrected chi connectivity index (χ2v) is 5.46. The van der Waals surface area contributed by atoms with E-state index in [-0.39, 0.29) is 5.97 Å². The van der Waals surface area contributed by atoms with Gasteiger partial charge in [0.25, 0.3) is 0 Å². The highest BCUT2D eigenvalue weighted by molar-refractivity contribution is 5.69. The van der Waals surface area contributed by atoms with Gasteiger partial charge in [-0.2, -0.15) is 5.26 Å². The number of ether oxygens (including phenoxy) is 1. The molecule has 3 heteroatoms. The molecule has 0 bridgehead atoms. The monoisotopic (exact) mass is 271 g/mol. The van der Waals surface area contributed by atoms with Crippen molar-refractivity contribution in [2.24, 2.45) is 5.92 Å². The van der Waals surface area contributed by atoms with Gasteiger partial charge in [0.1, 0.15) is 0 Å². The second-order valence-electron chi connectivity index (χ2n) is 5.46. The van der Waals surface area contributed by atoms with Crippen LogP contribution in [-0.4, -0.2) is 12.6 Å². The standard InChI is InChI=1S/C17H21NO2/c1-2-20-17(19)11-13-6-8-15(9-7-13)16-5-3-4-14(10-16)12-18/h3-5,10,13,15H,2,6-9,11H2,1H3. The van der Waals surface area contributed by atoms with Crippen LogP contribution in [0.1, 0.15) is 56.1 Å². The average Bonchev–Trinajstić information content (AvgIpc) is 2.48. The summed E-state index contributed by atoms with van der Waals surface area (Å²) in [5.74, 6) is 0.925. The molecule has 0 N–H and O–H groups in total. The van der Waals surface area contributed by atoms with E-state index in [0.717, 1.165) is 31.2 Å². The van der Waals surface area contributed by atoms with Gasteiger partial charge < -0.3 is 4.74 Å². The molecule has 0 spiro atoms. The third-order valence-corrected chi connectivity index (χ3v) is 4.09. The molecule has 0 atom stereocenters. The first kappa shape index (κ1) is 14.6. The average molecular weight is 271 g/mol. The van der Waals surface area contributed by atoms with Crippen molar-refractivity contribution in [3.8, 4) is 6.07 Å². The molecule has 0 radical (unpaired) electrons.